The van der Waals surface area contributed by atoms with E-state index in [0.29, 0.717) is 18.6 Å². The molecular weight excluding hydrogens is 332 g/mol. The Kier molecular flexibility index (Phi) is 6.53. The molecule has 1 saturated carbocycles. The molecule has 0 N–H and O–H groups in total. The third kappa shape index (κ3) is 5.16. The lowest BCUT2D eigenvalue weighted by Crippen LogP contribution is -2.50. The molecule has 0 amide bonds. The first kappa shape index (κ1) is 20.6. The number of esters is 1. The van der Waals surface area contributed by atoms with Crippen LogP contribution in [0.15, 0.2) is 0 Å². The maximum atomic E-state index is 12.6. The van der Waals surface area contributed by atoms with Gasteiger partial charge < -0.3 is 9.16 Å². The van der Waals surface area contributed by atoms with Crippen molar-refractivity contribution in [1.29, 1.82) is 0 Å². The number of Topliss-reactive ketones (excluding diaryl/α,β-unsaturated/α-hetero) is 1. The maximum Gasteiger partial charge on any atom is 0.306 e. The van der Waals surface area contributed by atoms with Gasteiger partial charge in [0.1, 0.15) is 5.78 Å². The minimum absolute atomic E-state index is 0.00544. The SMILES string of the molecule is C[C@H]1CCCC[C@H]2C(=O)CC[C@H](O[Si](C)(C)C(C)(C)C)[C@@H]2CC(=O)O1. The number of cyclic esters (lactones) is 1. The van der Waals surface area contributed by atoms with Crippen LogP contribution in [0.3, 0.4) is 0 Å². The predicted molar refractivity (Wildman–Crippen MR) is 102 cm³/mol. The summed E-state index contributed by atoms with van der Waals surface area (Å²) < 4.78 is 12.2. The van der Waals surface area contributed by atoms with Crippen LogP contribution in [0.2, 0.25) is 18.1 Å². The van der Waals surface area contributed by atoms with Crippen LogP contribution in [0.25, 0.3) is 0 Å². The van der Waals surface area contributed by atoms with Crippen molar-refractivity contribution in [2.45, 2.75) is 103 Å². The quantitative estimate of drug-likeness (QED) is 0.515. The van der Waals surface area contributed by atoms with Crippen molar-refractivity contribution in [1.82, 2.24) is 0 Å². The number of carbonyl (C=O) groups excluding carboxylic acids is 2. The minimum Gasteiger partial charge on any atom is -0.463 e. The van der Waals surface area contributed by atoms with E-state index in [4.69, 9.17) is 9.16 Å². The molecule has 0 unspecified atom stereocenters. The number of hydrogen-bond donors (Lipinski definition) is 0. The van der Waals surface area contributed by atoms with Gasteiger partial charge in [-0.15, -0.1) is 0 Å². The fourth-order valence-electron chi connectivity index (χ4n) is 3.85. The van der Waals surface area contributed by atoms with Crippen LogP contribution in [-0.2, 0) is 18.8 Å². The van der Waals surface area contributed by atoms with Crippen LogP contribution in [0, 0.1) is 11.8 Å². The molecule has 4 atom stereocenters. The highest BCUT2D eigenvalue weighted by molar-refractivity contribution is 6.74. The number of hydrogen-bond acceptors (Lipinski definition) is 4. The van der Waals surface area contributed by atoms with Crippen molar-refractivity contribution in [3.63, 3.8) is 0 Å². The molecule has 0 bridgehead atoms. The van der Waals surface area contributed by atoms with Gasteiger partial charge in [0.15, 0.2) is 8.32 Å². The molecule has 2 aliphatic rings. The number of ether oxygens (including phenoxy) is 1. The Morgan fingerprint density at radius 3 is 2.36 bits per heavy atom. The molecule has 0 radical (unpaired) electrons. The second-order valence-electron chi connectivity index (χ2n) is 9.48. The molecule has 1 saturated heterocycles. The van der Waals surface area contributed by atoms with Gasteiger partial charge in [0, 0.05) is 24.4 Å². The van der Waals surface area contributed by atoms with Gasteiger partial charge >= 0.3 is 5.97 Å². The molecule has 0 aromatic heterocycles. The molecule has 2 fully saturated rings. The monoisotopic (exact) mass is 368 g/mol. The third-order valence-electron chi connectivity index (χ3n) is 6.45. The lowest BCUT2D eigenvalue weighted by Gasteiger charge is -2.45. The Morgan fingerprint density at radius 2 is 1.72 bits per heavy atom. The normalized spacial score (nSPS) is 32.7. The van der Waals surface area contributed by atoms with Gasteiger partial charge in [-0.05, 0) is 50.7 Å². The summed E-state index contributed by atoms with van der Waals surface area (Å²) in [6.45, 7) is 13.2. The zero-order chi connectivity index (χ0) is 18.8. The van der Waals surface area contributed by atoms with E-state index in [2.05, 4.69) is 33.9 Å². The smallest absolute Gasteiger partial charge is 0.306 e. The topological polar surface area (TPSA) is 52.6 Å². The zero-order valence-corrected chi connectivity index (χ0v) is 17.9. The number of rotatable bonds is 2. The molecule has 1 aliphatic heterocycles. The van der Waals surface area contributed by atoms with Gasteiger partial charge in [0.25, 0.3) is 0 Å². The van der Waals surface area contributed by atoms with Crippen LogP contribution < -0.4 is 0 Å². The molecule has 0 spiro atoms. The molecule has 144 valence electrons. The summed E-state index contributed by atoms with van der Waals surface area (Å²) in [5, 5.41) is 0.120. The highest BCUT2D eigenvalue weighted by Gasteiger charge is 2.46. The van der Waals surface area contributed by atoms with Crippen LogP contribution in [0.1, 0.15) is 72.6 Å². The summed E-state index contributed by atoms with van der Waals surface area (Å²) in [5.41, 5.74) is 0. The van der Waals surface area contributed by atoms with E-state index in [0.717, 1.165) is 32.1 Å². The van der Waals surface area contributed by atoms with E-state index in [9.17, 15) is 9.59 Å². The Hall–Kier alpha value is -0.683. The summed E-state index contributed by atoms with van der Waals surface area (Å²) in [4.78, 5) is 25.0. The molecule has 1 heterocycles. The van der Waals surface area contributed by atoms with Crippen molar-refractivity contribution in [3.8, 4) is 0 Å². The van der Waals surface area contributed by atoms with E-state index in [1.54, 1.807) is 0 Å². The summed E-state index contributed by atoms with van der Waals surface area (Å²) in [5.74, 6) is 0.0992. The van der Waals surface area contributed by atoms with Gasteiger partial charge in [-0.25, -0.2) is 0 Å². The maximum absolute atomic E-state index is 12.6. The Bertz CT molecular complexity index is 494. The minimum atomic E-state index is -1.94. The van der Waals surface area contributed by atoms with Gasteiger partial charge in [-0.1, -0.05) is 27.2 Å². The highest BCUT2D eigenvalue weighted by Crippen LogP contribution is 2.43. The van der Waals surface area contributed by atoms with Crippen molar-refractivity contribution >= 4 is 20.1 Å². The van der Waals surface area contributed by atoms with Crippen molar-refractivity contribution in [2.24, 2.45) is 11.8 Å². The fraction of sp³-hybridized carbons (Fsp3) is 0.900. The van der Waals surface area contributed by atoms with Crippen LogP contribution in [0.4, 0.5) is 0 Å². The number of carbonyl (C=O) groups is 2. The van der Waals surface area contributed by atoms with E-state index >= 15 is 0 Å². The second kappa shape index (κ2) is 7.91. The first-order valence-electron chi connectivity index (χ1n) is 9.91. The molecule has 1 aliphatic carbocycles. The number of fused-ring (bicyclic) bond motifs is 1. The second-order valence-corrected chi connectivity index (χ2v) is 14.2. The van der Waals surface area contributed by atoms with Crippen molar-refractivity contribution < 1.29 is 18.8 Å². The van der Waals surface area contributed by atoms with E-state index < -0.39 is 8.32 Å². The largest absolute Gasteiger partial charge is 0.463 e. The molecule has 5 heteroatoms. The lowest BCUT2D eigenvalue weighted by molar-refractivity contribution is -0.153. The molecule has 0 aromatic rings. The molecule has 4 nitrogen and oxygen atoms in total. The van der Waals surface area contributed by atoms with Gasteiger partial charge in [0.05, 0.1) is 12.5 Å². The van der Waals surface area contributed by atoms with Crippen LogP contribution in [-0.4, -0.2) is 32.3 Å². The van der Waals surface area contributed by atoms with Crippen molar-refractivity contribution in [3.05, 3.63) is 0 Å². The van der Waals surface area contributed by atoms with E-state index in [-0.39, 0.29) is 35.1 Å². The first-order valence-corrected chi connectivity index (χ1v) is 12.8. The first-order chi connectivity index (χ1) is 11.5. The van der Waals surface area contributed by atoms with Gasteiger partial charge in [-0.3, -0.25) is 9.59 Å². The third-order valence-corrected chi connectivity index (χ3v) is 11.0. The summed E-state index contributed by atoms with van der Waals surface area (Å²) in [6.07, 6.45) is 5.46. The zero-order valence-electron chi connectivity index (χ0n) is 16.9. The van der Waals surface area contributed by atoms with Gasteiger partial charge in [0.2, 0.25) is 0 Å². The standard InChI is InChI=1S/C20H36O4Si/c1-14-9-7-8-10-15-16(13-19(22)23-14)18(12-11-17(15)21)24-25(5,6)20(2,3)4/h14-16,18H,7-13H2,1-6H3/t14-,15+,16+,18-/m0/s1. The molecule has 25 heavy (non-hydrogen) atoms. The van der Waals surface area contributed by atoms with Crippen LogP contribution in [0.5, 0.6) is 0 Å². The van der Waals surface area contributed by atoms with Gasteiger partial charge in [-0.2, -0.15) is 0 Å². The Balaban J connectivity index is 2.22. The number of ketones is 1. The molecule has 0 aromatic carbocycles. The average Bonchev–Trinajstić information content (AvgIpc) is 2.47. The summed E-state index contributed by atoms with van der Waals surface area (Å²) >= 11 is 0. The Morgan fingerprint density at radius 1 is 1.08 bits per heavy atom. The van der Waals surface area contributed by atoms with Crippen molar-refractivity contribution in [2.75, 3.05) is 0 Å². The predicted octanol–water partition coefficient (Wildman–Crippen LogP) is 4.87. The molecular formula is C20H36O4Si. The summed E-state index contributed by atoms with van der Waals surface area (Å²) in [6, 6.07) is 0. The summed E-state index contributed by atoms with van der Waals surface area (Å²) in [7, 11) is -1.94. The lowest BCUT2D eigenvalue weighted by atomic mass is 9.72. The molecule has 2 rings (SSSR count). The van der Waals surface area contributed by atoms with Crippen LogP contribution >= 0.6 is 0 Å². The fourth-order valence-corrected chi connectivity index (χ4v) is 5.26. The van der Waals surface area contributed by atoms with E-state index in [1.165, 1.54) is 0 Å². The van der Waals surface area contributed by atoms with E-state index in [1.807, 2.05) is 6.92 Å². The Labute approximate surface area is 154 Å². The highest BCUT2D eigenvalue weighted by atomic mass is 28.4. The average molecular weight is 369 g/mol.